The molecule has 21 heavy (non-hydrogen) atoms. The smallest absolute Gasteiger partial charge is 0.184 e. The normalized spacial score (nSPS) is 37.1. The van der Waals surface area contributed by atoms with E-state index in [1.807, 2.05) is 36.4 Å². The number of benzene rings is 1. The molecule has 0 radical (unpaired) electrons. The van der Waals surface area contributed by atoms with E-state index in [9.17, 15) is 5.11 Å². The first-order valence-electron chi connectivity index (χ1n) is 7.20. The van der Waals surface area contributed by atoms with Gasteiger partial charge in [0.25, 0.3) is 0 Å². The van der Waals surface area contributed by atoms with Gasteiger partial charge >= 0.3 is 0 Å². The Balaban J connectivity index is 1.69. The molecule has 2 aliphatic heterocycles. The van der Waals surface area contributed by atoms with Crippen LogP contribution in [0.1, 0.15) is 24.7 Å². The number of rotatable bonds is 2. The minimum absolute atomic E-state index is 0.0488. The van der Waals surface area contributed by atoms with Crippen molar-refractivity contribution in [3.05, 3.63) is 47.0 Å². The second-order valence-electron chi connectivity index (χ2n) is 5.35. The van der Waals surface area contributed by atoms with Gasteiger partial charge in [0.15, 0.2) is 6.29 Å². The molecule has 2 aliphatic rings. The molecule has 5 heteroatoms. The van der Waals surface area contributed by atoms with Crippen molar-refractivity contribution in [2.45, 2.75) is 43.5 Å². The van der Waals surface area contributed by atoms with Gasteiger partial charge in [-0.25, -0.2) is 0 Å². The molecule has 0 amide bonds. The molecule has 0 unspecified atom stereocenters. The Labute approximate surface area is 132 Å². The summed E-state index contributed by atoms with van der Waals surface area (Å²) in [5.74, 6) is 0. The van der Waals surface area contributed by atoms with Gasteiger partial charge < -0.3 is 19.3 Å². The van der Waals surface area contributed by atoms with E-state index < -0.39 is 6.10 Å². The molecular formula is C16H19BrO4. The quantitative estimate of drug-likeness (QED) is 0.886. The molecule has 0 aliphatic carbocycles. The van der Waals surface area contributed by atoms with Crippen LogP contribution in [0.3, 0.4) is 0 Å². The monoisotopic (exact) mass is 354 g/mol. The zero-order valence-electron chi connectivity index (χ0n) is 11.6. The molecule has 2 saturated heterocycles. The lowest BCUT2D eigenvalue weighted by Crippen LogP contribution is -2.42. The van der Waals surface area contributed by atoms with Gasteiger partial charge in [-0.3, -0.25) is 0 Å². The van der Waals surface area contributed by atoms with Crippen molar-refractivity contribution >= 4 is 15.9 Å². The highest BCUT2D eigenvalue weighted by Gasteiger charge is 2.38. The van der Waals surface area contributed by atoms with Gasteiger partial charge in [0.1, 0.15) is 12.2 Å². The molecule has 2 heterocycles. The maximum absolute atomic E-state index is 10.1. The predicted octanol–water partition coefficient (Wildman–Crippen LogP) is 2.92. The molecule has 0 spiro atoms. The summed E-state index contributed by atoms with van der Waals surface area (Å²) in [4.78, 5) is 1.72. The Hall–Kier alpha value is -0.720. The van der Waals surface area contributed by atoms with E-state index >= 15 is 0 Å². The Morgan fingerprint density at radius 2 is 1.90 bits per heavy atom. The number of hydrogen-bond acceptors (Lipinski definition) is 4. The summed E-state index contributed by atoms with van der Waals surface area (Å²) in [6, 6.07) is 9.90. The second-order valence-corrected chi connectivity index (χ2v) is 5.88. The molecule has 3 rings (SSSR count). The van der Waals surface area contributed by atoms with Crippen molar-refractivity contribution in [3.8, 4) is 0 Å². The van der Waals surface area contributed by atoms with E-state index in [1.165, 1.54) is 0 Å². The molecule has 4 nitrogen and oxygen atoms in total. The van der Waals surface area contributed by atoms with Crippen LogP contribution in [0.2, 0.25) is 0 Å². The summed E-state index contributed by atoms with van der Waals surface area (Å²) in [6.45, 7) is 0.476. The third-order valence-electron chi connectivity index (χ3n) is 3.92. The lowest BCUT2D eigenvalue weighted by Gasteiger charge is -2.36. The van der Waals surface area contributed by atoms with Crippen LogP contribution < -0.4 is 0 Å². The topological polar surface area (TPSA) is 47.9 Å². The van der Waals surface area contributed by atoms with Gasteiger partial charge in [-0.05, 0) is 23.9 Å². The highest BCUT2D eigenvalue weighted by molar-refractivity contribution is 9.11. The van der Waals surface area contributed by atoms with Gasteiger partial charge in [0.05, 0.1) is 18.8 Å². The second kappa shape index (κ2) is 7.03. The van der Waals surface area contributed by atoms with E-state index in [-0.39, 0.29) is 24.6 Å². The first kappa shape index (κ1) is 15.2. The molecule has 1 aromatic rings. The van der Waals surface area contributed by atoms with Crippen LogP contribution in [0, 0.1) is 0 Å². The standard InChI is InChI=1S/C16H19BrO4/c17-9-8-13-12(18)6-7-14-15(20-13)10-19-16(21-14)11-4-2-1-3-5-11/h1-5,8-9,12-16,18H,6-7,10H2/b9-8+/t12-,13+,14+,15-,16-/m1/s1. The summed E-state index contributed by atoms with van der Waals surface area (Å²) in [7, 11) is 0. The summed E-state index contributed by atoms with van der Waals surface area (Å²) in [6.07, 6.45) is 1.87. The van der Waals surface area contributed by atoms with Crippen LogP contribution in [-0.4, -0.2) is 36.1 Å². The maximum atomic E-state index is 10.1. The Bertz CT molecular complexity index is 478. The first-order valence-corrected chi connectivity index (χ1v) is 8.12. The van der Waals surface area contributed by atoms with Crippen LogP contribution >= 0.6 is 15.9 Å². The largest absolute Gasteiger partial charge is 0.390 e. The fraction of sp³-hybridized carbons (Fsp3) is 0.500. The molecular weight excluding hydrogens is 336 g/mol. The van der Waals surface area contributed by atoms with Crippen LogP contribution in [0.15, 0.2) is 41.4 Å². The molecule has 0 bridgehead atoms. The highest BCUT2D eigenvalue weighted by atomic mass is 79.9. The minimum Gasteiger partial charge on any atom is -0.390 e. The zero-order valence-corrected chi connectivity index (χ0v) is 13.2. The van der Waals surface area contributed by atoms with Crippen molar-refractivity contribution in [2.75, 3.05) is 6.61 Å². The number of halogens is 1. The summed E-state index contributed by atoms with van der Waals surface area (Å²) in [5.41, 5.74) is 1.01. The highest BCUT2D eigenvalue weighted by Crippen LogP contribution is 2.33. The number of aliphatic hydroxyl groups is 1. The van der Waals surface area contributed by atoms with Crippen molar-refractivity contribution < 1.29 is 19.3 Å². The molecule has 114 valence electrons. The van der Waals surface area contributed by atoms with Gasteiger partial charge in [-0.2, -0.15) is 0 Å². The first-order chi connectivity index (χ1) is 10.3. The fourth-order valence-electron chi connectivity index (χ4n) is 2.78. The van der Waals surface area contributed by atoms with E-state index in [4.69, 9.17) is 14.2 Å². The third-order valence-corrected chi connectivity index (χ3v) is 4.22. The van der Waals surface area contributed by atoms with E-state index in [0.29, 0.717) is 13.0 Å². The van der Waals surface area contributed by atoms with Gasteiger partial charge in [-0.1, -0.05) is 46.3 Å². The van der Waals surface area contributed by atoms with Crippen molar-refractivity contribution in [3.63, 3.8) is 0 Å². The molecule has 1 N–H and O–H groups in total. The summed E-state index contributed by atoms with van der Waals surface area (Å²) < 4.78 is 17.8. The Kier molecular flexibility index (Phi) is 5.08. The van der Waals surface area contributed by atoms with Crippen LogP contribution in [-0.2, 0) is 14.2 Å². The number of fused-ring (bicyclic) bond motifs is 1. The maximum Gasteiger partial charge on any atom is 0.184 e. The van der Waals surface area contributed by atoms with Crippen LogP contribution in [0.5, 0.6) is 0 Å². The van der Waals surface area contributed by atoms with Crippen LogP contribution in [0.4, 0.5) is 0 Å². The summed E-state index contributed by atoms with van der Waals surface area (Å²) in [5, 5.41) is 10.1. The van der Waals surface area contributed by atoms with Crippen molar-refractivity contribution in [1.29, 1.82) is 0 Å². The lowest BCUT2D eigenvalue weighted by atomic mass is 10.0. The average Bonchev–Trinajstić information content (AvgIpc) is 2.68. The Morgan fingerprint density at radius 3 is 2.67 bits per heavy atom. The van der Waals surface area contributed by atoms with E-state index in [1.54, 1.807) is 4.99 Å². The number of ether oxygens (including phenoxy) is 3. The number of hydrogen-bond donors (Lipinski definition) is 1. The molecule has 0 saturated carbocycles. The van der Waals surface area contributed by atoms with Gasteiger partial charge in [0, 0.05) is 5.56 Å². The lowest BCUT2D eigenvalue weighted by molar-refractivity contribution is -0.267. The number of aliphatic hydroxyl groups excluding tert-OH is 1. The van der Waals surface area contributed by atoms with Gasteiger partial charge in [0.2, 0.25) is 0 Å². The Morgan fingerprint density at radius 1 is 1.10 bits per heavy atom. The third kappa shape index (κ3) is 3.55. The van der Waals surface area contributed by atoms with E-state index in [2.05, 4.69) is 15.9 Å². The van der Waals surface area contributed by atoms with Crippen molar-refractivity contribution in [2.24, 2.45) is 0 Å². The molecule has 1 aromatic carbocycles. The minimum atomic E-state index is -0.511. The molecule has 0 aromatic heterocycles. The molecule has 2 fully saturated rings. The van der Waals surface area contributed by atoms with Gasteiger partial charge in [-0.15, -0.1) is 0 Å². The SMILES string of the molecule is O[C@@H]1CC[C@@H]2O[C@H](c3ccccc3)OC[C@H]2O[C@H]1/C=C/Br. The zero-order chi connectivity index (χ0) is 14.7. The van der Waals surface area contributed by atoms with E-state index in [0.717, 1.165) is 12.0 Å². The van der Waals surface area contributed by atoms with Crippen molar-refractivity contribution in [1.82, 2.24) is 0 Å². The fourth-order valence-corrected chi connectivity index (χ4v) is 3.08. The molecule has 5 atom stereocenters. The average molecular weight is 355 g/mol. The predicted molar refractivity (Wildman–Crippen MR) is 82.0 cm³/mol. The summed E-state index contributed by atoms with van der Waals surface area (Å²) >= 11 is 3.23. The van der Waals surface area contributed by atoms with Crippen LogP contribution in [0.25, 0.3) is 0 Å².